The van der Waals surface area contributed by atoms with E-state index in [0.717, 1.165) is 0 Å². The van der Waals surface area contributed by atoms with Crippen LogP contribution in [0.2, 0.25) is 0 Å². The molecule has 2 aliphatic heterocycles. The Kier molecular flexibility index (Phi) is 7.13. The van der Waals surface area contributed by atoms with Crippen molar-refractivity contribution < 1.29 is 29.1 Å². The SMILES string of the molecule is COc1ccc(C(O)=C2C(=O)C(=O)N(CCN3CCOCC3)[C@@H]2c2cccc([N+](=O)[O-])c2)c(C)c1. The van der Waals surface area contributed by atoms with E-state index >= 15 is 0 Å². The molecule has 2 fully saturated rings. The lowest BCUT2D eigenvalue weighted by Crippen LogP contribution is -2.42. The van der Waals surface area contributed by atoms with Gasteiger partial charge in [0.25, 0.3) is 17.4 Å². The number of nitrogens with zero attached hydrogens (tertiary/aromatic N) is 3. The monoisotopic (exact) mass is 481 g/mol. The first kappa shape index (κ1) is 24.4. The number of carbonyl (C=O) groups excluding carboxylic acids is 2. The van der Waals surface area contributed by atoms with Gasteiger partial charge < -0.3 is 19.5 Å². The van der Waals surface area contributed by atoms with Crippen LogP contribution in [0, 0.1) is 17.0 Å². The van der Waals surface area contributed by atoms with E-state index in [0.29, 0.717) is 55.3 Å². The molecular formula is C25H27N3O7. The van der Waals surface area contributed by atoms with Gasteiger partial charge in [0.05, 0.1) is 36.9 Å². The van der Waals surface area contributed by atoms with E-state index in [1.807, 2.05) is 0 Å². The van der Waals surface area contributed by atoms with Crippen molar-refractivity contribution >= 4 is 23.1 Å². The summed E-state index contributed by atoms with van der Waals surface area (Å²) in [5, 5.41) is 22.7. The zero-order valence-electron chi connectivity index (χ0n) is 19.6. The second-order valence-corrected chi connectivity index (χ2v) is 8.48. The number of hydrogen-bond donors (Lipinski definition) is 1. The van der Waals surface area contributed by atoms with Gasteiger partial charge in [-0.3, -0.25) is 24.6 Å². The Bertz CT molecular complexity index is 1190. The molecule has 1 amide bonds. The molecule has 0 bridgehead atoms. The molecule has 10 heteroatoms. The van der Waals surface area contributed by atoms with Crippen LogP contribution in [0.4, 0.5) is 5.69 Å². The number of ether oxygens (including phenoxy) is 2. The van der Waals surface area contributed by atoms with Crippen LogP contribution in [0.5, 0.6) is 5.75 Å². The molecule has 0 unspecified atom stereocenters. The van der Waals surface area contributed by atoms with Gasteiger partial charge in [0.1, 0.15) is 11.5 Å². The Morgan fingerprint density at radius 3 is 2.57 bits per heavy atom. The minimum Gasteiger partial charge on any atom is -0.507 e. The molecule has 35 heavy (non-hydrogen) atoms. The first-order valence-corrected chi connectivity index (χ1v) is 11.3. The lowest BCUT2D eigenvalue weighted by atomic mass is 9.93. The second kappa shape index (κ2) is 10.2. The number of aryl methyl sites for hydroxylation is 1. The number of morpholine rings is 1. The number of benzene rings is 2. The second-order valence-electron chi connectivity index (χ2n) is 8.48. The Morgan fingerprint density at radius 1 is 1.17 bits per heavy atom. The molecule has 0 saturated carbocycles. The molecule has 2 saturated heterocycles. The van der Waals surface area contributed by atoms with Gasteiger partial charge in [0, 0.05) is 43.9 Å². The maximum absolute atomic E-state index is 13.2. The van der Waals surface area contributed by atoms with Crippen molar-refractivity contribution in [2.45, 2.75) is 13.0 Å². The van der Waals surface area contributed by atoms with Gasteiger partial charge in [-0.25, -0.2) is 0 Å². The van der Waals surface area contributed by atoms with E-state index in [4.69, 9.17) is 9.47 Å². The van der Waals surface area contributed by atoms with Crippen molar-refractivity contribution in [2.75, 3.05) is 46.5 Å². The summed E-state index contributed by atoms with van der Waals surface area (Å²) < 4.78 is 10.6. The Labute approximate surface area is 202 Å². The minimum atomic E-state index is -0.961. The predicted octanol–water partition coefficient (Wildman–Crippen LogP) is 2.67. The van der Waals surface area contributed by atoms with E-state index in [2.05, 4.69) is 4.90 Å². The first-order chi connectivity index (χ1) is 16.8. The van der Waals surface area contributed by atoms with Gasteiger partial charge in [0.2, 0.25) is 0 Å². The molecule has 2 aromatic carbocycles. The topological polar surface area (TPSA) is 122 Å². The van der Waals surface area contributed by atoms with Crippen LogP contribution >= 0.6 is 0 Å². The Balaban J connectivity index is 1.79. The van der Waals surface area contributed by atoms with Crippen LogP contribution in [0.25, 0.3) is 5.76 Å². The van der Waals surface area contributed by atoms with Crippen LogP contribution in [0.1, 0.15) is 22.7 Å². The third-order valence-electron chi connectivity index (χ3n) is 6.39. The number of carbonyl (C=O) groups is 2. The van der Waals surface area contributed by atoms with Crippen molar-refractivity contribution in [3.63, 3.8) is 0 Å². The number of Topliss-reactive ketones (excluding diaryl/α,β-unsaturated/α-hetero) is 1. The summed E-state index contributed by atoms with van der Waals surface area (Å²) in [7, 11) is 1.52. The molecule has 0 aromatic heterocycles. The molecule has 2 aliphatic rings. The number of nitro benzene ring substituents is 1. The zero-order valence-corrected chi connectivity index (χ0v) is 19.6. The highest BCUT2D eigenvalue weighted by Gasteiger charge is 2.46. The summed E-state index contributed by atoms with van der Waals surface area (Å²) in [4.78, 5) is 40.8. The third kappa shape index (κ3) is 4.89. The van der Waals surface area contributed by atoms with Gasteiger partial charge in [-0.05, 0) is 36.2 Å². The molecule has 184 valence electrons. The zero-order chi connectivity index (χ0) is 25.1. The Hall–Kier alpha value is -3.76. The van der Waals surface area contributed by atoms with Crippen molar-refractivity contribution in [1.29, 1.82) is 0 Å². The van der Waals surface area contributed by atoms with E-state index in [1.54, 1.807) is 31.2 Å². The number of methoxy groups -OCH3 is 1. The highest BCUT2D eigenvalue weighted by Crippen LogP contribution is 2.40. The van der Waals surface area contributed by atoms with Gasteiger partial charge in [-0.1, -0.05) is 12.1 Å². The van der Waals surface area contributed by atoms with Crippen LogP contribution in [-0.4, -0.2) is 78.0 Å². The highest BCUT2D eigenvalue weighted by atomic mass is 16.6. The van der Waals surface area contributed by atoms with Crippen molar-refractivity contribution in [3.8, 4) is 5.75 Å². The lowest BCUT2D eigenvalue weighted by molar-refractivity contribution is -0.384. The van der Waals surface area contributed by atoms with Crippen LogP contribution in [0.3, 0.4) is 0 Å². The first-order valence-electron chi connectivity index (χ1n) is 11.3. The number of amides is 1. The van der Waals surface area contributed by atoms with Crippen LogP contribution < -0.4 is 4.74 Å². The van der Waals surface area contributed by atoms with Crippen molar-refractivity contribution in [2.24, 2.45) is 0 Å². The largest absolute Gasteiger partial charge is 0.507 e. The summed E-state index contributed by atoms with van der Waals surface area (Å²) >= 11 is 0. The molecule has 4 rings (SSSR count). The van der Waals surface area contributed by atoms with Gasteiger partial charge in [-0.15, -0.1) is 0 Å². The van der Waals surface area contributed by atoms with E-state index in [-0.39, 0.29) is 23.6 Å². The molecule has 2 aromatic rings. The standard InChI is InChI=1S/C25H27N3O7/c1-16-14-19(34-2)6-7-20(16)23(29)21-22(17-4-3-5-18(15-17)28(32)33)27(25(31)24(21)30)9-8-26-10-12-35-13-11-26/h3-7,14-15,22,29H,8-13H2,1-2H3/t22-/m1/s1. The molecule has 0 radical (unpaired) electrons. The predicted molar refractivity (Wildman–Crippen MR) is 127 cm³/mol. The smallest absolute Gasteiger partial charge is 0.295 e. The third-order valence-corrected chi connectivity index (χ3v) is 6.39. The average molecular weight is 482 g/mol. The summed E-state index contributed by atoms with van der Waals surface area (Å²) in [5.41, 5.74) is 1.16. The van der Waals surface area contributed by atoms with E-state index in [9.17, 15) is 24.8 Å². The summed E-state index contributed by atoms with van der Waals surface area (Å²) in [6.07, 6.45) is 0. The van der Waals surface area contributed by atoms with Crippen molar-refractivity contribution in [1.82, 2.24) is 9.80 Å². The number of hydrogen-bond acceptors (Lipinski definition) is 8. The minimum absolute atomic E-state index is 0.0919. The molecule has 1 N–H and O–H groups in total. The maximum Gasteiger partial charge on any atom is 0.295 e. The van der Waals surface area contributed by atoms with Gasteiger partial charge in [-0.2, -0.15) is 0 Å². The number of likely N-dealkylation sites (tertiary alicyclic amines) is 1. The summed E-state index contributed by atoms with van der Waals surface area (Å²) in [6, 6.07) is 9.84. The maximum atomic E-state index is 13.2. The quantitative estimate of drug-likeness (QED) is 0.211. The number of ketones is 1. The average Bonchev–Trinajstić information content (AvgIpc) is 3.12. The fraction of sp³-hybridized carbons (Fsp3) is 0.360. The number of non-ortho nitro benzene ring substituents is 1. The molecular weight excluding hydrogens is 454 g/mol. The van der Waals surface area contributed by atoms with Gasteiger partial charge >= 0.3 is 0 Å². The lowest BCUT2D eigenvalue weighted by Gasteiger charge is -2.31. The fourth-order valence-corrected chi connectivity index (χ4v) is 4.51. The van der Waals surface area contributed by atoms with Gasteiger partial charge in [0.15, 0.2) is 0 Å². The van der Waals surface area contributed by atoms with Crippen molar-refractivity contribution in [3.05, 3.63) is 74.8 Å². The fourth-order valence-electron chi connectivity index (χ4n) is 4.51. The molecule has 1 atom stereocenters. The van der Waals surface area contributed by atoms with Crippen LogP contribution in [0.15, 0.2) is 48.0 Å². The number of nitro groups is 1. The van der Waals surface area contributed by atoms with E-state index in [1.165, 1.54) is 30.2 Å². The molecule has 2 heterocycles. The Morgan fingerprint density at radius 2 is 1.91 bits per heavy atom. The number of rotatable bonds is 7. The number of aliphatic hydroxyl groups excluding tert-OH is 1. The molecule has 0 aliphatic carbocycles. The van der Waals surface area contributed by atoms with Crippen LogP contribution in [-0.2, 0) is 14.3 Å². The molecule has 10 nitrogen and oxygen atoms in total. The summed E-state index contributed by atoms with van der Waals surface area (Å²) in [6.45, 7) is 5.06. The van der Waals surface area contributed by atoms with E-state index < -0.39 is 22.7 Å². The summed E-state index contributed by atoms with van der Waals surface area (Å²) in [5.74, 6) is -1.31. The highest BCUT2D eigenvalue weighted by molar-refractivity contribution is 6.46. The normalized spacial score (nSPS) is 20.3. The molecule has 0 spiro atoms. The number of aliphatic hydroxyl groups is 1.